The van der Waals surface area contributed by atoms with Crippen molar-refractivity contribution in [1.82, 2.24) is 0 Å². The van der Waals surface area contributed by atoms with E-state index in [-0.39, 0.29) is 17.2 Å². The summed E-state index contributed by atoms with van der Waals surface area (Å²) in [6.45, 7) is 4.18. The van der Waals surface area contributed by atoms with Gasteiger partial charge >= 0.3 is 0 Å². The highest BCUT2D eigenvalue weighted by atomic mass is 19.1. The molecule has 1 nitrogen and oxygen atoms in total. The van der Waals surface area contributed by atoms with Crippen molar-refractivity contribution < 1.29 is 9.18 Å². The Morgan fingerprint density at radius 3 is 2.73 bits per heavy atom. The van der Waals surface area contributed by atoms with Crippen LogP contribution in [0.3, 0.4) is 0 Å². The fraction of sp³-hybridized carbons (Fsp3) is 0.462. The lowest BCUT2D eigenvalue weighted by molar-refractivity contribution is -0.109. The standard InChI is InChI=1S/C13H15FO/c1-9(2)13(7-11(13)8-15)10-4-3-5-12(14)6-10/h3-6,8-9,11H,7H2,1-2H3. The summed E-state index contributed by atoms with van der Waals surface area (Å²) in [5.41, 5.74) is 0.860. The maximum absolute atomic E-state index is 13.1. The van der Waals surface area contributed by atoms with Crippen LogP contribution in [-0.4, -0.2) is 6.29 Å². The smallest absolute Gasteiger partial charge is 0.124 e. The van der Waals surface area contributed by atoms with Gasteiger partial charge in [0.15, 0.2) is 0 Å². The molecular weight excluding hydrogens is 191 g/mol. The molecule has 0 spiro atoms. The van der Waals surface area contributed by atoms with E-state index in [0.717, 1.165) is 18.3 Å². The minimum Gasteiger partial charge on any atom is -0.303 e. The molecule has 2 rings (SSSR count). The van der Waals surface area contributed by atoms with Gasteiger partial charge in [0.1, 0.15) is 12.1 Å². The normalized spacial score (nSPS) is 29.2. The van der Waals surface area contributed by atoms with Crippen molar-refractivity contribution in [2.75, 3.05) is 0 Å². The number of hydrogen-bond acceptors (Lipinski definition) is 1. The van der Waals surface area contributed by atoms with Gasteiger partial charge in [-0.3, -0.25) is 0 Å². The van der Waals surface area contributed by atoms with E-state index >= 15 is 0 Å². The molecule has 1 aromatic carbocycles. The zero-order valence-corrected chi connectivity index (χ0v) is 9.03. The maximum Gasteiger partial charge on any atom is 0.124 e. The molecule has 1 aliphatic carbocycles. The van der Waals surface area contributed by atoms with E-state index in [4.69, 9.17) is 0 Å². The summed E-state index contributed by atoms with van der Waals surface area (Å²) in [6.07, 6.45) is 1.86. The molecule has 0 heterocycles. The van der Waals surface area contributed by atoms with Crippen molar-refractivity contribution in [3.05, 3.63) is 35.6 Å². The van der Waals surface area contributed by atoms with Crippen LogP contribution < -0.4 is 0 Å². The fourth-order valence-corrected chi connectivity index (χ4v) is 2.58. The molecule has 15 heavy (non-hydrogen) atoms. The predicted octanol–water partition coefficient (Wildman–Crippen LogP) is 2.94. The van der Waals surface area contributed by atoms with Crippen molar-refractivity contribution in [3.63, 3.8) is 0 Å². The summed E-state index contributed by atoms with van der Waals surface area (Å²) >= 11 is 0. The van der Waals surface area contributed by atoms with Crippen molar-refractivity contribution in [3.8, 4) is 0 Å². The predicted molar refractivity (Wildman–Crippen MR) is 57.1 cm³/mol. The SMILES string of the molecule is CC(C)C1(c2cccc(F)c2)CC1C=O. The molecule has 80 valence electrons. The van der Waals surface area contributed by atoms with Crippen molar-refractivity contribution in [1.29, 1.82) is 0 Å². The van der Waals surface area contributed by atoms with Gasteiger partial charge in [-0.1, -0.05) is 26.0 Å². The Kier molecular flexibility index (Phi) is 2.37. The van der Waals surface area contributed by atoms with Gasteiger partial charge in [0.25, 0.3) is 0 Å². The highest BCUT2D eigenvalue weighted by Crippen LogP contribution is 2.58. The van der Waals surface area contributed by atoms with Gasteiger partial charge in [-0.25, -0.2) is 4.39 Å². The first-order valence-corrected chi connectivity index (χ1v) is 5.32. The zero-order valence-electron chi connectivity index (χ0n) is 9.03. The average Bonchev–Trinajstić information content (AvgIpc) is 2.93. The second-order valence-corrected chi connectivity index (χ2v) is 4.65. The van der Waals surface area contributed by atoms with Gasteiger partial charge < -0.3 is 4.79 Å². The van der Waals surface area contributed by atoms with Crippen molar-refractivity contribution >= 4 is 6.29 Å². The van der Waals surface area contributed by atoms with Crippen LogP contribution in [-0.2, 0) is 10.2 Å². The van der Waals surface area contributed by atoms with Gasteiger partial charge in [0, 0.05) is 11.3 Å². The number of aldehydes is 1. The summed E-state index contributed by atoms with van der Waals surface area (Å²) in [7, 11) is 0. The monoisotopic (exact) mass is 206 g/mol. The van der Waals surface area contributed by atoms with Gasteiger partial charge in [-0.05, 0) is 30.0 Å². The Hall–Kier alpha value is -1.18. The first kappa shape index (κ1) is 10.3. The Labute approximate surface area is 89.3 Å². The summed E-state index contributed by atoms with van der Waals surface area (Å²) in [4.78, 5) is 10.9. The molecular formula is C13H15FO. The van der Waals surface area contributed by atoms with Crippen molar-refractivity contribution in [2.24, 2.45) is 11.8 Å². The summed E-state index contributed by atoms with van der Waals surface area (Å²) < 4.78 is 13.1. The highest BCUT2D eigenvalue weighted by molar-refractivity contribution is 5.64. The van der Waals surface area contributed by atoms with E-state index < -0.39 is 0 Å². The van der Waals surface area contributed by atoms with Gasteiger partial charge in [-0.2, -0.15) is 0 Å². The lowest BCUT2D eigenvalue weighted by Crippen LogP contribution is -2.18. The summed E-state index contributed by atoms with van der Waals surface area (Å²) in [5.74, 6) is 0.220. The van der Waals surface area contributed by atoms with Gasteiger partial charge in [-0.15, -0.1) is 0 Å². The van der Waals surface area contributed by atoms with Crippen LogP contribution in [0.4, 0.5) is 4.39 Å². The van der Waals surface area contributed by atoms with Gasteiger partial charge in [0.05, 0.1) is 0 Å². The van der Waals surface area contributed by atoms with Gasteiger partial charge in [0.2, 0.25) is 0 Å². The van der Waals surface area contributed by atoms with E-state index in [9.17, 15) is 9.18 Å². The van der Waals surface area contributed by atoms with Crippen LogP contribution >= 0.6 is 0 Å². The lowest BCUT2D eigenvalue weighted by atomic mass is 9.83. The number of hydrogen-bond donors (Lipinski definition) is 0. The molecule has 0 aliphatic heterocycles. The first-order chi connectivity index (χ1) is 7.11. The lowest BCUT2D eigenvalue weighted by Gasteiger charge is -2.21. The molecule has 1 aliphatic rings. The van der Waals surface area contributed by atoms with E-state index in [0.29, 0.717) is 5.92 Å². The zero-order chi connectivity index (χ0) is 11.1. The maximum atomic E-state index is 13.1. The van der Waals surface area contributed by atoms with E-state index in [1.54, 1.807) is 12.1 Å². The molecule has 0 N–H and O–H groups in total. The second-order valence-electron chi connectivity index (χ2n) is 4.65. The van der Waals surface area contributed by atoms with Crippen LogP contribution in [0.25, 0.3) is 0 Å². The first-order valence-electron chi connectivity index (χ1n) is 5.32. The third kappa shape index (κ3) is 1.48. The Morgan fingerprint density at radius 2 is 2.27 bits per heavy atom. The number of benzene rings is 1. The number of halogens is 1. The van der Waals surface area contributed by atoms with E-state index in [2.05, 4.69) is 13.8 Å². The van der Waals surface area contributed by atoms with E-state index in [1.807, 2.05) is 6.07 Å². The summed E-state index contributed by atoms with van der Waals surface area (Å²) in [5, 5.41) is 0. The molecule has 1 aromatic rings. The minimum absolute atomic E-state index is 0.0688. The number of carbonyl (C=O) groups is 1. The molecule has 2 atom stereocenters. The Morgan fingerprint density at radius 1 is 1.53 bits per heavy atom. The van der Waals surface area contributed by atoms with Crippen LogP contribution in [0.2, 0.25) is 0 Å². The quantitative estimate of drug-likeness (QED) is 0.695. The fourth-order valence-electron chi connectivity index (χ4n) is 2.58. The topological polar surface area (TPSA) is 17.1 Å². The molecule has 0 saturated heterocycles. The molecule has 0 bridgehead atoms. The van der Waals surface area contributed by atoms with Crippen LogP contribution in [0.5, 0.6) is 0 Å². The highest BCUT2D eigenvalue weighted by Gasteiger charge is 2.57. The molecule has 0 radical (unpaired) electrons. The minimum atomic E-state index is -0.218. The van der Waals surface area contributed by atoms with Crippen LogP contribution in [0, 0.1) is 17.7 Å². The molecule has 1 saturated carbocycles. The number of rotatable bonds is 3. The molecule has 2 unspecified atom stereocenters. The Bertz CT molecular complexity index is 386. The molecule has 0 amide bonds. The van der Waals surface area contributed by atoms with E-state index in [1.165, 1.54) is 6.07 Å². The second kappa shape index (κ2) is 3.44. The molecule has 2 heteroatoms. The largest absolute Gasteiger partial charge is 0.303 e. The molecule has 0 aromatic heterocycles. The van der Waals surface area contributed by atoms with Crippen LogP contribution in [0.1, 0.15) is 25.8 Å². The average molecular weight is 206 g/mol. The van der Waals surface area contributed by atoms with Crippen LogP contribution in [0.15, 0.2) is 24.3 Å². The molecule has 1 fully saturated rings. The third-order valence-corrected chi connectivity index (χ3v) is 3.62. The van der Waals surface area contributed by atoms with Crippen molar-refractivity contribution in [2.45, 2.75) is 25.7 Å². The number of carbonyl (C=O) groups excluding carboxylic acids is 1. The third-order valence-electron chi connectivity index (χ3n) is 3.62. The Balaban J connectivity index is 2.40. The summed E-state index contributed by atoms with van der Waals surface area (Å²) in [6, 6.07) is 6.64.